The molecule has 2 aromatic heterocycles. The molecule has 0 saturated heterocycles. The number of carbonyl (C=O) groups is 1. The van der Waals surface area contributed by atoms with Crippen LogP contribution in [0.25, 0.3) is 16.6 Å². The fourth-order valence-corrected chi connectivity index (χ4v) is 3.20. The summed E-state index contributed by atoms with van der Waals surface area (Å²) in [5.74, 6) is -0.0440. The lowest BCUT2D eigenvalue weighted by atomic mass is 10.2. The van der Waals surface area contributed by atoms with Crippen LogP contribution in [0.3, 0.4) is 0 Å². The molecule has 0 fully saturated rings. The summed E-state index contributed by atoms with van der Waals surface area (Å²) in [7, 11) is 1.75. The maximum Gasteiger partial charge on any atom is 0.261 e. The molecule has 1 amide bonds. The molecule has 0 saturated carbocycles. The smallest absolute Gasteiger partial charge is 0.261 e. The second-order valence-corrected chi connectivity index (χ2v) is 6.89. The number of rotatable bonds is 6. The molecule has 0 radical (unpaired) electrons. The predicted molar refractivity (Wildman–Crippen MR) is 111 cm³/mol. The van der Waals surface area contributed by atoms with Gasteiger partial charge in [-0.1, -0.05) is 30.3 Å². The van der Waals surface area contributed by atoms with E-state index in [9.17, 15) is 9.59 Å². The van der Waals surface area contributed by atoms with Crippen LogP contribution in [-0.2, 0) is 17.9 Å². The SMILES string of the molecule is CN(Cc1cnn(-c2ccccc2)c1)C(=O)CCn1cnc2ccccc2c1=O. The third kappa shape index (κ3) is 4.08. The van der Waals surface area contributed by atoms with E-state index in [4.69, 9.17) is 0 Å². The molecule has 146 valence electrons. The van der Waals surface area contributed by atoms with Crippen LogP contribution in [0.2, 0.25) is 0 Å². The number of aryl methyl sites for hydroxylation is 1. The van der Waals surface area contributed by atoms with E-state index in [-0.39, 0.29) is 17.9 Å². The first-order chi connectivity index (χ1) is 14.1. The Morgan fingerprint density at radius 1 is 1.07 bits per heavy atom. The number of hydrogen-bond acceptors (Lipinski definition) is 4. The fourth-order valence-electron chi connectivity index (χ4n) is 3.20. The van der Waals surface area contributed by atoms with E-state index in [1.807, 2.05) is 48.7 Å². The molecule has 0 spiro atoms. The Labute approximate surface area is 167 Å². The van der Waals surface area contributed by atoms with Gasteiger partial charge < -0.3 is 4.90 Å². The highest BCUT2D eigenvalue weighted by Crippen LogP contribution is 2.10. The Balaban J connectivity index is 1.39. The lowest BCUT2D eigenvalue weighted by Crippen LogP contribution is -2.29. The lowest BCUT2D eigenvalue weighted by molar-refractivity contribution is -0.130. The average molecular weight is 387 g/mol. The van der Waals surface area contributed by atoms with E-state index in [0.29, 0.717) is 24.0 Å². The number of fused-ring (bicyclic) bond motifs is 1. The van der Waals surface area contributed by atoms with E-state index in [0.717, 1.165) is 11.3 Å². The molecule has 4 rings (SSSR count). The molecule has 7 heteroatoms. The highest BCUT2D eigenvalue weighted by molar-refractivity contribution is 5.77. The minimum Gasteiger partial charge on any atom is -0.341 e. The molecule has 0 unspecified atom stereocenters. The van der Waals surface area contributed by atoms with Crippen LogP contribution in [0, 0.1) is 0 Å². The minimum absolute atomic E-state index is 0.0440. The van der Waals surface area contributed by atoms with Gasteiger partial charge >= 0.3 is 0 Å². The van der Waals surface area contributed by atoms with Crippen molar-refractivity contribution in [3.8, 4) is 5.69 Å². The van der Waals surface area contributed by atoms with E-state index in [2.05, 4.69) is 10.1 Å². The summed E-state index contributed by atoms with van der Waals surface area (Å²) in [5.41, 5.74) is 2.44. The predicted octanol–water partition coefficient (Wildman–Crippen LogP) is 2.63. The van der Waals surface area contributed by atoms with E-state index in [1.54, 1.807) is 35.0 Å². The van der Waals surface area contributed by atoms with Gasteiger partial charge in [0, 0.05) is 38.3 Å². The topological polar surface area (TPSA) is 73.0 Å². The van der Waals surface area contributed by atoms with Gasteiger partial charge in [0.2, 0.25) is 5.91 Å². The van der Waals surface area contributed by atoms with Crippen molar-refractivity contribution >= 4 is 16.8 Å². The first-order valence-corrected chi connectivity index (χ1v) is 9.39. The summed E-state index contributed by atoms with van der Waals surface area (Å²) in [6.45, 7) is 0.750. The maximum atomic E-state index is 12.5. The number of aromatic nitrogens is 4. The van der Waals surface area contributed by atoms with Gasteiger partial charge in [-0.3, -0.25) is 14.2 Å². The summed E-state index contributed by atoms with van der Waals surface area (Å²) < 4.78 is 3.27. The molecule has 0 N–H and O–H groups in total. The molecule has 7 nitrogen and oxygen atoms in total. The molecule has 2 aromatic carbocycles. The summed E-state index contributed by atoms with van der Waals surface area (Å²) in [6, 6.07) is 17.0. The molecule has 0 bridgehead atoms. The highest BCUT2D eigenvalue weighted by atomic mass is 16.2. The number of carbonyl (C=O) groups excluding carboxylic acids is 1. The maximum absolute atomic E-state index is 12.5. The highest BCUT2D eigenvalue weighted by Gasteiger charge is 2.12. The first-order valence-electron chi connectivity index (χ1n) is 9.39. The molecule has 0 atom stereocenters. The molecular weight excluding hydrogens is 366 g/mol. The quantitative estimate of drug-likeness (QED) is 0.510. The fraction of sp³-hybridized carbons (Fsp3) is 0.182. The van der Waals surface area contributed by atoms with Crippen LogP contribution >= 0.6 is 0 Å². The van der Waals surface area contributed by atoms with Gasteiger partial charge in [-0.25, -0.2) is 9.67 Å². The van der Waals surface area contributed by atoms with E-state index < -0.39 is 0 Å². The summed E-state index contributed by atoms with van der Waals surface area (Å²) in [6.07, 6.45) is 5.40. The zero-order chi connectivity index (χ0) is 20.2. The average Bonchev–Trinajstić information content (AvgIpc) is 3.22. The molecule has 29 heavy (non-hydrogen) atoms. The number of para-hydroxylation sites is 2. The van der Waals surface area contributed by atoms with Crippen LogP contribution in [0.1, 0.15) is 12.0 Å². The second kappa shape index (κ2) is 8.10. The normalized spacial score (nSPS) is 10.9. The van der Waals surface area contributed by atoms with Gasteiger partial charge in [0.15, 0.2) is 0 Å². The Morgan fingerprint density at radius 3 is 2.66 bits per heavy atom. The molecule has 0 aliphatic carbocycles. The van der Waals surface area contributed by atoms with Gasteiger partial charge in [0.25, 0.3) is 5.56 Å². The summed E-state index contributed by atoms with van der Waals surface area (Å²) in [4.78, 5) is 31.0. The third-order valence-corrected chi connectivity index (χ3v) is 4.80. The van der Waals surface area contributed by atoms with Crippen molar-refractivity contribution in [1.82, 2.24) is 24.2 Å². The Bertz CT molecular complexity index is 1200. The molecule has 4 aromatic rings. The van der Waals surface area contributed by atoms with Crippen molar-refractivity contribution in [2.45, 2.75) is 19.5 Å². The minimum atomic E-state index is -0.129. The van der Waals surface area contributed by atoms with Gasteiger partial charge in [0.1, 0.15) is 0 Å². The first kappa shape index (κ1) is 18.6. The lowest BCUT2D eigenvalue weighted by Gasteiger charge is -2.16. The monoisotopic (exact) mass is 387 g/mol. The van der Waals surface area contributed by atoms with Crippen LogP contribution in [-0.4, -0.2) is 37.2 Å². The third-order valence-electron chi connectivity index (χ3n) is 4.80. The second-order valence-electron chi connectivity index (χ2n) is 6.89. The summed E-state index contributed by atoms with van der Waals surface area (Å²) >= 11 is 0. The van der Waals surface area contributed by atoms with Crippen molar-refractivity contribution < 1.29 is 4.79 Å². The molecule has 2 heterocycles. The Hall–Kier alpha value is -3.74. The van der Waals surface area contributed by atoms with Crippen molar-refractivity contribution in [3.05, 3.63) is 89.2 Å². The zero-order valence-electron chi connectivity index (χ0n) is 16.1. The molecule has 0 aliphatic heterocycles. The van der Waals surface area contributed by atoms with Gasteiger partial charge in [-0.05, 0) is 24.3 Å². The van der Waals surface area contributed by atoms with Crippen LogP contribution in [0.4, 0.5) is 0 Å². The Morgan fingerprint density at radius 2 is 1.83 bits per heavy atom. The van der Waals surface area contributed by atoms with Crippen LogP contribution in [0.15, 0.2) is 78.1 Å². The van der Waals surface area contributed by atoms with E-state index in [1.165, 1.54) is 10.9 Å². The van der Waals surface area contributed by atoms with Gasteiger partial charge in [-0.2, -0.15) is 5.10 Å². The summed E-state index contributed by atoms with van der Waals surface area (Å²) in [5, 5.41) is 4.92. The van der Waals surface area contributed by atoms with Crippen molar-refractivity contribution in [2.75, 3.05) is 7.05 Å². The number of amides is 1. The van der Waals surface area contributed by atoms with Crippen molar-refractivity contribution in [1.29, 1.82) is 0 Å². The largest absolute Gasteiger partial charge is 0.341 e. The zero-order valence-corrected chi connectivity index (χ0v) is 16.1. The molecule has 0 aliphatic rings. The van der Waals surface area contributed by atoms with Gasteiger partial charge in [-0.15, -0.1) is 0 Å². The standard InChI is InChI=1S/C22H21N5O2/c1-25(14-17-13-24-27(15-17)18-7-3-2-4-8-18)21(28)11-12-26-16-23-20-10-6-5-9-19(20)22(26)29/h2-10,13,15-16H,11-12,14H2,1H3. The molecular formula is C22H21N5O2. The van der Waals surface area contributed by atoms with Crippen LogP contribution in [0.5, 0.6) is 0 Å². The van der Waals surface area contributed by atoms with Crippen molar-refractivity contribution in [3.63, 3.8) is 0 Å². The van der Waals surface area contributed by atoms with Crippen molar-refractivity contribution in [2.24, 2.45) is 0 Å². The van der Waals surface area contributed by atoms with E-state index >= 15 is 0 Å². The van der Waals surface area contributed by atoms with Crippen LogP contribution < -0.4 is 5.56 Å². The number of nitrogens with zero attached hydrogens (tertiary/aromatic N) is 5. The number of benzene rings is 2. The Kier molecular flexibility index (Phi) is 5.20. The number of hydrogen-bond donors (Lipinski definition) is 0. The van der Waals surface area contributed by atoms with Gasteiger partial charge in [0.05, 0.1) is 29.1 Å².